The van der Waals surface area contributed by atoms with E-state index in [4.69, 9.17) is 9.47 Å². The number of nitrogens with one attached hydrogen (secondary N) is 1. The molecule has 1 aromatic carbocycles. The number of esters is 1. The van der Waals surface area contributed by atoms with Gasteiger partial charge < -0.3 is 14.8 Å². The molecule has 130 valence electrons. The van der Waals surface area contributed by atoms with Crippen molar-refractivity contribution >= 4 is 11.8 Å². The monoisotopic (exact) mass is 339 g/mol. The lowest BCUT2D eigenvalue weighted by Crippen LogP contribution is -2.37. The van der Waals surface area contributed by atoms with Gasteiger partial charge in [-0.1, -0.05) is 26.0 Å². The summed E-state index contributed by atoms with van der Waals surface area (Å²) in [6.07, 6.45) is 1.27. The number of methoxy groups -OCH3 is 1. The number of benzene rings is 1. The first-order valence-electron chi connectivity index (χ1n) is 8.47. The minimum Gasteiger partial charge on any atom is -0.497 e. The molecule has 4 rings (SSSR count). The van der Waals surface area contributed by atoms with Crippen molar-refractivity contribution in [2.24, 2.45) is 5.41 Å². The van der Waals surface area contributed by atoms with Gasteiger partial charge in [0.05, 0.1) is 18.4 Å². The third kappa shape index (κ3) is 2.54. The highest BCUT2D eigenvalue weighted by Crippen LogP contribution is 2.48. The second-order valence-electron chi connectivity index (χ2n) is 7.63. The van der Waals surface area contributed by atoms with Crippen molar-refractivity contribution in [3.05, 3.63) is 52.4 Å². The largest absolute Gasteiger partial charge is 0.497 e. The lowest BCUT2D eigenvalue weighted by molar-refractivity contribution is -0.136. The fraction of sp³-hybridized carbons (Fsp3) is 0.400. The Morgan fingerprint density at radius 1 is 1.08 bits per heavy atom. The van der Waals surface area contributed by atoms with Crippen LogP contribution in [0.5, 0.6) is 5.75 Å². The minimum absolute atomic E-state index is 0.0884. The average Bonchev–Trinajstić information content (AvgIpc) is 2.93. The molecule has 1 atom stereocenters. The maximum absolute atomic E-state index is 12.9. The molecule has 3 aliphatic rings. The highest BCUT2D eigenvalue weighted by Gasteiger charge is 2.45. The van der Waals surface area contributed by atoms with E-state index in [9.17, 15) is 9.59 Å². The molecule has 2 heterocycles. The van der Waals surface area contributed by atoms with Gasteiger partial charge in [-0.25, -0.2) is 4.79 Å². The topological polar surface area (TPSA) is 64.6 Å². The Hall–Kier alpha value is -2.56. The van der Waals surface area contributed by atoms with Gasteiger partial charge in [0, 0.05) is 23.6 Å². The van der Waals surface area contributed by atoms with Crippen LogP contribution in [0.25, 0.3) is 0 Å². The number of hydrogen-bond acceptors (Lipinski definition) is 5. The van der Waals surface area contributed by atoms with Crippen LogP contribution in [-0.2, 0) is 14.3 Å². The first kappa shape index (κ1) is 15.9. The van der Waals surface area contributed by atoms with Crippen LogP contribution in [0.1, 0.15) is 38.2 Å². The fourth-order valence-electron chi connectivity index (χ4n) is 4.05. The highest BCUT2D eigenvalue weighted by molar-refractivity contribution is 6.05. The lowest BCUT2D eigenvalue weighted by Gasteiger charge is -2.38. The quantitative estimate of drug-likeness (QED) is 0.840. The summed E-state index contributed by atoms with van der Waals surface area (Å²) in [4.78, 5) is 25.3. The van der Waals surface area contributed by atoms with Gasteiger partial charge in [0.1, 0.15) is 12.4 Å². The smallest absolute Gasteiger partial charge is 0.337 e. The van der Waals surface area contributed by atoms with Crippen molar-refractivity contribution in [3.63, 3.8) is 0 Å². The summed E-state index contributed by atoms with van der Waals surface area (Å²) in [6.45, 7) is 4.43. The van der Waals surface area contributed by atoms with Crippen LogP contribution >= 0.6 is 0 Å². The molecule has 5 nitrogen and oxygen atoms in total. The predicted octanol–water partition coefficient (Wildman–Crippen LogP) is 2.84. The van der Waals surface area contributed by atoms with Crippen LogP contribution in [0.4, 0.5) is 0 Å². The first-order chi connectivity index (χ1) is 11.9. The van der Waals surface area contributed by atoms with Crippen molar-refractivity contribution in [2.75, 3.05) is 13.7 Å². The number of rotatable bonds is 2. The molecule has 2 aliphatic heterocycles. The summed E-state index contributed by atoms with van der Waals surface area (Å²) in [6, 6.07) is 7.55. The van der Waals surface area contributed by atoms with E-state index < -0.39 is 0 Å². The van der Waals surface area contributed by atoms with E-state index in [0.29, 0.717) is 17.6 Å². The van der Waals surface area contributed by atoms with Gasteiger partial charge >= 0.3 is 5.97 Å². The molecule has 0 aromatic heterocycles. The van der Waals surface area contributed by atoms with Gasteiger partial charge in [-0.3, -0.25) is 4.79 Å². The normalized spacial score (nSPS) is 24.5. The van der Waals surface area contributed by atoms with Gasteiger partial charge in [-0.05, 0) is 29.5 Å². The maximum atomic E-state index is 12.9. The Morgan fingerprint density at radius 2 is 1.80 bits per heavy atom. The zero-order valence-corrected chi connectivity index (χ0v) is 14.6. The van der Waals surface area contributed by atoms with Crippen LogP contribution in [0, 0.1) is 5.41 Å². The Balaban J connectivity index is 1.86. The Labute approximate surface area is 146 Å². The molecule has 0 radical (unpaired) electrons. The van der Waals surface area contributed by atoms with E-state index in [1.807, 2.05) is 24.3 Å². The van der Waals surface area contributed by atoms with E-state index in [1.165, 1.54) is 0 Å². The van der Waals surface area contributed by atoms with Crippen molar-refractivity contribution in [1.29, 1.82) is 0 Å². The molecule has 0 bridgehead atoms. The second-order valence-corrected chi connectivity index (χ2v) is 7.63. The average molecular weight is 339 g/mol. The van der Waals surface area contributed by atoms with Crippen LogP contribution in [0.3, 0.4) is 0 Å². The first-order valence-corrected chi connectivity index (χ1v) is 8.47. The molecule has 0 spiro atoms. The molecule has 0 saturated carbocycles. The summed E-state index contributed by atoms with van der Waals surface area (Å²) in [7, 11) is 1.61. The number of hydrogen-bond donors (Lipinski definition) is 1. The van der Waals surface area contributed by atoms with Crippen LogP contribution < -0.4 is 10.1 Å². The number of carbonyl (C=O) groups excluding carboxylic acids is 2. The van der Waals surface area contributed by atoms with E-state index in [1.54, 1.807) is 7.11 Å². The summed E-state index contributed by atoms with van der Waals surface area (Å²) in [5.41, 5.74) is 3.82. The third-order valence-corrected chi connectivity index (χ3v) is 5.14. The number of ketones is 1. The number of ether oxygens (including phenoxy) is 2. The molecule has 5 heteroatoms. The van der Waals surface area contributed by atoms with Crippen molar-refractivity contribution in [3.8, 4) is 5.75 Å². The molecule has 0 saturated heterocycles. The zero-order chi connectivity index (χ0) is 17.8. The van der Waals surface area contributed by atoms with Crippen molar-refractivity contribution in [1.82, 2.24) is 5.32 Å². The molecule has 0 amide bonds. The molecular weight excluding hydrogens is 318 g/mol. The number of dihydropyridines is 1. The Bertz CT molecular complexity index is 830. The van der Waals surface area contributed by atoms with E-state index in [2.05, 4.69) is 19.2 Å². The number of Topliss-reactive ketones (excluding diaryl/α,β-unsaturated/α-hetero) is 1. The highest BCUT2D eigenvalue weighted by atomic mass is 16.5. The predicted molar refractivity (Wildman–Crippen MR) is 91.9 cm³/mol. The molecule has 25 heavy (non-hydrogen) atoms. The Kier molecular flexibility index (Phi) is 3.49. The summed E-state index contributed by atoms with van der Waals surface area (Å²) in [5, 5.41) is 3.32. The summed E-state index contributed by atoms with van der Waals surface area (Å²) in [5.74, 6) is 0.139. The Morgan fingerprint density at radius 3 is 2.48 bits per heavy atom. The van der Waals surface area contributed by atoms with Crippen LogP contribution in [0.2, 0.25) is 0 Å². The van der Waals surface area contributed by atoms with E-state index in [0.717, 1.165) is 29.1 Å². The summed E-state index contributed by atoms with van der Waals surface area (Å²) >= 11 is 0. The number of allylic oxidation sites excluding steroid dienone is 2. The molecule has 1 unspecified atom stereocenters. The third-order valence-electron chi connectivity index (χ3n) is 5.14. The molecule has 1 aromatic rings. The van der Waals surface area contributed by atoms with Crippen LogP contribution in [0.15, 0.2) is 46.8 Å². The SMILES string of the molecule is COc1ccc(C2C3=C(CC(C)(C)CC3=O)NC3=C2C(=O)OC3)cc1. The van der Waals surface area contributed by atoms with Gasteiger partial charge in [0.25, 0.3) is 0 Å². The van der Waals surface area contributed by atoms with E-state index in [-0.39, 0.29) is 29.7 Å². The van der Waals surface area contributed by atoms with Gasteiger partial charge in [-0.15, -0.1) is 0 Å². The zero-order valence-electron chi connectivity index (χ0n) is 14.6. The van der Waals surface area contributed by atoms with Crippen LogP contribution in [-0.4, -0.2) is 25.5 Å². The fourth-order valence-corrected chi connectivity index (χ4v) is 4.05. The van der Waals surface area contributed by atoms with E-state index >= 15 is 0 Å². The maximum Gasteiger partial charge on any atom is 0.337 e. The van der Waals surface area contributed by atoms with Crippen molar-refractivity contribution in [2.45, 2.75) is 32.6 Å². The molecule has 1 aliphatic carbocycles. The molecule has 0 fully saturated rings. The lowest BCUT2D eigenvalue weighted by atomic mass is 9.69. The number of carbonyl (C=O) groups is 2. The standard InChI is InChI=1S/C20H21NO4/c1-20(2)8-13-17(15(22)9-20)16(11-4-6-12(24-3)7-5-11)18-14(21-13)10-25-19(18)23/h4-7,16,21H,8-10H2,1-3H3. The number of cyclic esters (lactones) is 1. The van der Waals surface area contributed by atoms with Crippen molar-refractivity contribution < 1.29 is 19.1 Å². The molecule has 1 N–H and O–H groups in total. The van der Waals surface area contributed by atoms with Gasteiger partial charge in [-0.2, -0.15) is 0 Å². The second kappa shape index (κ2) is 5.48. The van der Waals surface area contributed by atoms with Gasteiger partial charge in [0.15, 0.2) is 5.78 Å². The summed E-state index contributed by atoms with van der Waals surface area (Å²) < 4.78 is 10.5. The molecular formula is C20H21NO4. The van der Waals surface area contributed by atoms with Gasteiger partial charge in [0.2, 0.25) is 0 Å². The minimum atomic E-state index is -0.365.